The van der Waals surface area contributed by atoms with Crippen molar-refractivity contribution in [2.24, 2.45) is 11.1 Å². The second-order valence-electron chi connectivity index (χ2n) is 7.02. The van der Waals surface area contributed by atoms with E-state index < -0.39 is 6.04 Å². The Balaban J connectivity index is 1.68. The molecule has 1 aromatic heterocycles. The van der Waals surface area contributed by atoms with E-state index in [2.05, 4.69) is 24.1 Å². The summed E-state index contributed by atoms with van der Waals surface area (Å²) in [5.74, 6) is -0.176. The fraction of sp³-hybridized carbons (Fsp3) is 0.389. The van der Waals surface area contributed by atoms with Crippen molar-refractivity contribution < 1.29 is 9.59 Å². The summed E-state index contributed by atoms with van der Waals surface area (Å²) in [5.41, 5.74) is 7.70. The van der Waals surface area contributed by atoms with Crippen molar-refractivity contribution in [2.45, 2.75) is 39.2 Å². The molecular weight excluding hydrogens is 322 g/mol. The summed E-state index contributed by atoms with van der Waals surface area (Å²) in [7, 11) is 0. The van der Waals surface area contributed by atoms with Crippen LogP contribution in [0.4, 0.5) is 5.13 Å². The Kier molecular flexibility index (Phi) is 4.51. The van der Waals surface area contributed by atoms with Gasteiger partial charge >= 0.3 is 0 Å². The molecule has 3 N–H and O–H groups in total. The number of rotatable bonds is 4. The highest BCUT2D eigenvalue weighted by atomic mass is 32.1. The largest absolute Gasteiger partial charge is 0.320 e. The van der Waals surface area contributed by atoms with Gasteiger partial charge in [-0.25, -0.2) is 4.98 Å². The van der Waals surface area contributed by atoms with Crippen molar-refractivity contribution >= 4 is 28.2 Å². The van der Waals surface area contributed by atoms with Crippen molar-refractivity contribution in [2.75, 3.05) is 5.32 Å². The number of carbonyl (C=O) groups is 2. The second kappa shape index (κ2) is 6.45. The lowest BCUT2D eigenvalue weighted by atomic mass is 9.78. The van der Waals surface area contributed by atoms with E-state index in [4.69, 9.17) is 5.73 Å². The minimum Gasteiger partial charge on any atom is -0.320 e. The standard InChI is InChI=1S/C18H21N3O2S/c1-18(2)9-13-15(14(22)10-18)24-17(20-13)21-16(23)12(19)8-11-6-4-3-5-7-11/h3-7,12H,8-10,19H2,1-2H3,(H,20,21,23). The molecule has 0 aliphatic heterocycles. The molecule has 1 unspecified atom stereocenters. The lowest BCUT2D eigenvalue weighted by Gasteiger charge is -2.26. The SMILES string of the molecule is CC1(C)CC(=O)c2sc(NC(=O)C(N)Cc3ccccc3)nc2C1. The minimum atomic E-state index is -0.652. The number of thiazole rings is 1. The van der Waals surface area contributed by atoms with E-state index in [9.17, 15) is 9.59 Å². The van der Waals surface area contributed by atoms with Crippen LogP contribution in [0.2, 0.25) is 0 Å². The van der Waals surface area contributed by atoms with E-state index in [1.54, 1.807) is 0 Å². The number of amides is 1. The van der Waals surface area contributed by atoms with Crippen LogP contribution in [0.15, 0.2) is 30.3 Å². The monoisotopic (exact) mass is 343 g/mol. The van der Waals surface area contributed by atoms with E-state index in [0.717, 1.165) is 17.7 Å². The first-order chi connectivity index (χ1) is 11.3. The molecule has 0 saturated heterocycles. The highest BCUT2D eigenvalue weighted by Crippen LogP contribution is 2.38. The number of benzene rings is 1. The number of aromatic nitrogens is 1. The number of ketones is 1. The van der Waals surface area contributed by atoms with E-state index in [-0.39, 0.29) is 17.1 Å². The first kappa shape index (κ1) is 16.8. The van der Waals surface area contributed by atoms with Crippen LogP contribution in [-0.4, -0.2) is 22.7 Å². The van der Waals surface area contributed by atoms with Crippen molar-refractivity contribution in [1.29, 1.82) is 0 Å². The molecule has 6 heteroatoms. The molecular formula is C18H21N3O2S. The zero-order valence-electron chi connectivity index (χ0n) is 13.8. The van der Waals surface area contributed by atoms with Crippen molar-refractivity contribution in [3.05, 3.63) is 46.5 Å². The number of nitrogens with one attached hydrogen (secondary N) is 1. The quantitative estimate of drug-likeness (QED) is 0.894. The van der Waals surface area contributed by atoms with Gasteiger partial charge in [0.05, 0.1) is 16.6 Å². The molecule has 0 fully saturated rings. The molecule has 2 aromatic rings. The van der Waals surface area contributed by atoms with E-state index >= 15 is 0 Å². The van der Waals surface area contributed by atoms with Gasteiger partial charge in [-0.05, 0) is 23.8 Å². The van der Waals surface area contributed by atoms with Crippen LogP contribution in [0.3, 0.4) is 0 Å². The molecule has 1 aliphatic rings. The summed E-state index contributed by atoms with van der Waals surface area (Å²) in [5, 5.41) is 3.22. The number of hydrogen-bond acceptors (Lipinski definition) is 5. The van der Waals surface area contributed by atoms with Crippen LogP contribution in [0, 0.1) is 5.41 Å². The average Bonchev–Trinajstić information content (AvgIpc) is 2.89. The summed E-state index contributed by atoms with van der Waals surface area (Å²) >= 11 is 1.25. The third kappa shape index (κ3) is 3.71. The highest BCUT2D eigenvalue weighted by molar-refractivity contribution is 7.17. The molecule has 3 rings (SSSR count). The Hall–Kier alpha value is -2.05. The van der Waals surface area contributed by atoms with Crippen LogP contribution < -0.4 is 11.1 Å². The van der Waals surface area contributed by atoms with E-state index in [1.165, 1.54) is 11.3 Å². The van der Waals surface area contributed by atoms with Gasteiger partial charge in [-0.1, -0.05) is 55.5 Å². The molecule has 1 aliphatic carbocycles. The van der Waals surface area contributed by atoms with Crippen LogP contribution in [0.25, 0.3) is 0 Å². The summed E-state index contributed by atoms with van der Waals surface area (Å²) in [6.07, 6.45) is 1.73. The zero-order chi connectivity index (χ0) is 17.3. The average molecular weight is 343 g/mol. The number of hydrogen-bond donors (Lipinski definition) is 2. The first-order valence-electron chi connectivity index (χ1n) is 7.97. The van der Waals surface area contributed by atoms with Crippen LogP contribution in [0.5, 0.6) is 0 Å². The van der Waals surface area contributed by atoms with Gasteiger partial charge < -0.3 is 11.1 Å². The molecule has 0 spiro atoms. The third-order valence-corrected chi connectivity index (χ3v) is 5.16. The lowest BCUT2D eigenvalue weighted by molar-refractivity contribution is -0.117. The number of anilines is 1. The fourth-order valence-corrected chi connectivity index (χ4v) is 3.85. The van der Waals surface area contributed by atoms with Gasteiger partial charge in [-0.2, -0.15) is 0 Å². The Morgan fingerprint density at radius 1 is 1.33 bits per heavy atom. The van der Waals surface area contributed by atoms with Crippen molar-refractivity contribution in [3.63, 3.8) is 0 Å². The Morgan fingerprint density at radius 2 is 2.04 bits per heavy atom. The number of nitrogens with zero attached hydrogens (tertiary/aromatic N) is 1. The highest BCUT2D eigenvalue weighted by Gasteiger charge is 2.34. The summed E-state index contributed by atoms with van der Waals surface area (Å²) in [6, 6.07) is 8.99. The number of carbonyl (C=O) groups excluding carboxylic acids is 2. The van der Waals surface area contributed by atoms with Gasteiger partial charge in [-0.15, -0.1) is 0 Å². The van der Waals surface area contributed by atoms with Gasteiger partial charge in [0, 0.05) is 6.42 Å². The fourth-order valence-electron chi connectivity index (χ4n) is 2.93. The maximum absolute atomic E-state index is 12.3. The molecule has 0 saturated carbocycles. The predicted octanol–water partition coefficient (Wildman–Crippen LogP) is 2.81. The topological polar surface area (TPSA) is 85.1 Å². The second-order valence-corrected chi connectivity index (χ2v) is 8.02. The maximum Gasteiger partial charge on any atom is 0.243 e. The lowest BCUT2D eigenvalue weighted by Crippen LogP contribution is -2.37. The Bertz CT molecular complexity index is 768. The summed E-state index contributed by atoms with van der Waals surface area (Å²) < 4.78 is 0. The van der Waals surface area contributed by atoms with Crippen molar-refractivity contribution in [1.82, 2.24) is 4.98 Å². The normalized spacial score (nSPS) is 17.2. The van der Waals surface area contributed by atoms with Crippen LogP contribution >= 0.6 is 11.3 Å². The van der Waals surface area contributed by atoms with Gasteiger partial charge in [0.15, 0.2) is 10.9 Å². The molecule has 5 nitrogen and oxygen atoms in total. The van der Waals surface area contributed by atoms with Crippen molar-refractivity contribution in [3.8, 4) is 0 Å². The molecule has 0 radical (unpaired) electrons. The molecule has 1 aromatic carbocycles. The smallest absolute Gasteiger partial charge is 0.243 e. The minimum absolute atomic E-state index is 0.0802. The Morgan fingerprint density at radius 3 is 2.75 bits per heavy atom. The first-order valence-corrected chi connectivity index (χ1v) is 8.79. The van der Waals surface area contributed by atoms with Gasteiger partial charge in [-0.3, -0.25) is 9.59 Å². The number of nitrogens with two attached hydrogens (primary N) is 1. The van der Waals surface area contributed by atoms with Gasteiger partial charge in [0.2, 0.25) is 5.91 Å². The van der Waals surface area contributed by atoms with Gasteiger partial charge in [0.1, 0.15) is 0 Å². The molecule has 0 bridgehead atoms. The number of fused-ring (bicyclic) bond motifs is 1. The van der Waals surface area contributed by atoms with Crippen LogP contribution in [0.1, 0.15) is 41.2 Å². The Labute approximate surface area is 145 Å². The number of Topliss-reactive ketones (excluding diaryl/α,β-unsaturated/α-hetero) is 1. The molecule has 24 heavy (non-hydrogen) atoms. The molecule has 1 heterocycles. The van der Waals surface area contributed by atoms with Crippen LogP contribution in [-0.2, 0) is 17.6 Å². The molecule has 1 amide bonds. The summed E-state index contributed by atoms with van der Waals surface area (Å²) in [4.78, 5) is 29.6. The summed E-state index contributed by atoms with van der Waals surface area (Å²) in [6.45, 7) is 4.11. The van der Waals surface area contributed by atoms with E-state index in [0.29, 0.717) is 22.9 Å². The maximum atomic E-state index is 12.3. The molecule has 1 atom stereocenters. The molecule has 126 valence electrons. The van der Waals surface area contributed by atoms with Gasteiger partial charge in [0.25, 0.3) is 0 Å². The zero-order valence-corrected chi connectivity index (χ0v) is 14.7. The van der Waals surface area contributed by atoms with E-state index in [1.807, 2.05) is 30.3 Å². The third-order valence-electron chi connectivity index (χ3n) is 4.10. The predicted molar refractivity (Wildman–Crippen MR) is 95.3 cm³/mol.